The molecular weight excluding hydrogens is 614 g/mol. The van der Waals surface area contributed by atoms with Crippen molar-refractivity contribution in [1.29, 1.82) is 0 Å². The minimum Gasteiger partial charge on any atom is -0.488 e. The lowest BCUT2D eigenvalue weighted by Gasteiger charge is -2.48. The van der Waals surface area contributed by atoms with Crippen LogP contribution in [0.2, 0.25) is 0 Å². The molecule has 2 aliphatic rings. The third-order valence-electron chi connectivity index (χ3n) is 8.12. The Morgan fingerprint density at radius 2 is 1.75 bits per heavy atom. The minimum atomic E-state index is -1.00. The van der Waals surface area contributed by atoms with E-state index >= 15 is 0 Å². The van der Waals surface area contributed by atoms with Crippen molar-refractivity contribution < 1.29 is 28.9 Å². The summed E-state index contributed by atoms with van der Waals surface area (Å²) in [6.45, 7) is 11.8. The Labute approximate surface area is 279 Å². The maximum Gasteiger partial charge on any atom is 0.410 e. The third kappa shape index (κ3) is 7.85. The van der Waals surface area contributed by atoms with Gasteiger partial charge < -0.3 is 30.0 Å². The molecule has 254 valence electrons. The second-order valence-electron chi connectivity index (χ2n) is 14.1. The first-order valence-corrected chi connectivity index (χ1v) is 16.2. The number of carbonyl (C=O) groups excluding carboxylic acids is 2. The van der Waals surface area contributed by atoms with Gasteiger partial charge in [-0.05, 0) is 77.4 Å². The molecule has 6 rings (SSSR count). The Morgan fingerprint density at radius 3 is 2.42 bits per heavy atom. The predicted octanol–water partition coefficient (Wildman–Crippen LogP) is 4.89. The van der Waals surface area contributed by atoms with E-state index in [0.717, 1.165) is 22.3 Å². The van der Waals surface area contributed by atoms with Gasteiger partial charge in [-0.2, -0.15) is 5.10 Å². The van der Waals surface area contributed by atoms with Crippen LogP contribution in [0.25, 0.3) is 16.6 Å². The second kappa shape index (κ2) is 13.0. The molecular formula is C35H43N7O6. The molecule has 0 aromatic carbocycles. The van der Waals surface area contributed by atoms with Crippen molar-refractivity contribution in [2.75, 3.05) is 25.1 Å². The van der Waals surface area contributed by atoms with Crippen LogP contribution < -0.4 is 15.4 Å². The summed E-state index contributed by atoms with van der Waals surface area (Å²) in [5, 5.41) is 20.4. The second-order valence-corrected chi connectivity index (χ2v) is 14.1. The van der Waals surface area contributed by atoms with Crippen molar-refractivity contribution in [3.05, 3.63) is 66.2 Å². The lowest BCUT2D eigenvalue weighted by Crippen LogP contribution is -2.61. The van der Waals surface area contributed by atoms with Gasteiger partial charge in [-0.1, -0.05) is 0 Å². The van der Waals surface area contributed by atoms with Crippen LogP contribution in [0.1, 0.15) is 63.5 Å². The van der Waals surface area contributed by atoms with E-state index in [1.807, 2.05) is 63.1 Å². The molecule has 4 aromatic rings. The monoisotopic (exact) mass is 657 g/mol. The van der Waals surface area contributed by atoms with Crippen molar-refractivity contribution in [1.82, 2.24) is 29.8 Å². The number of hydrogen-bond donors (Lipinski definition) is 3. The molecule has 2 bridgehead atoms. The topological polar surface area (TPSA) is 152 Å². The molecule has 0 radical (unpaired) electrons. The van der Waals surface area contributed by atoms with E-state index in [-0.39, 0.29) is 36.7 Å². The number of amides is 2. The molecule has 48 heavy (non-hydrogen) atoms. The molecule has 13 heteroatoms. The molecule has 1 unspecified atom stereocenters. The van der Waals surface area contributed by atoms with Gasteiger partial charge in [0.15, 0.2) is 5.82 Å². The molecule has 2 amide bonds. The number of piperidine rings is 1. The quantitative estimate of drug-likeness (QED) is 0.239. The highest BCUT2D eigenvalue weighted by molar-refractivity contribution is 5.94. The van der Waals surface area contributed by atoms with Crippen LogP contribution in [0.4, 0.5) is 16.4 Å². The molecule has 2 aliphatic heterocycles. The number of nitrogens with one attached hydrogen (secondary N) is 2. The number of ether oxygens (including phenoxy) is 3. The summed E-state index contributed by atoms with van der Waals surface area (Å²) in [6.07, 6.45) is 5.96. The maximum atomic E-state index is 13.0. The van der Waals surface area contributed by atoms with Gasteiger partial charge in [-0.3, -0.25) is 14.7 Å². The maximum absolute atomic E-state index is 13.0. The van der Waals surface area contributed by atoms with Crippen LogP contribution in [0, 0.1) is 6.92 Å². The highest BCUT2D eigenvalue weighted by Crippen LogP contribution is 2.36. The van der Waals surface area contributed by atoms with E-state index in [2.05, 4.69) is 25.7 Å². The van der Waals surface area contributed by atoms with E-state index in [0.29, 0.717) is 49.0 Å². The fraction of sp³-hybridized carbons (Fsp3) is 0.457. The highest BCUT2D eigenvalue weighted by atomic mass is 16.6. The predicted molar refractivity (Wildman–Crippen MR) is 179 cm³/mol. The van der Waals surface area contributed by atoms with Gasteiger partial charge in [0, 0.05) is 49.1 Å². The largest absolute Gasteiger partial charge is 0.488 e. The number of pyridine rings is 3. The first kappa shape index (κ1) is 33.2. The van der Waals surface area contributed by atoms with Gasteiger partial charge in [0.25, 0.3) is 5.91 Å². The van der Waals surface area contributed by atoms with E-state index < -0.39 is 11.2 Å². The molecule has 3 atom stereocenters. The Balaban J connectivity index is 1.16. The number of rotatable bonds is 8. The van der Waals surface area contributed by atoms with Crippen molar-refractivity contribution >= 4 is 29.2 Å². The average Bonchev–Trinajstić information content (AvgIpc) is 3.41. The summed E-state index contributed by atoms with van der Waals surface area (Å²) >= 11 is 0. The molecule has 2 saturated heterocycles. The zero-order valence-electron chi connectivity index (χ0n) is 28.2. The molecule has 0 spiro atoms. The number of aryl methyl sites for hydroxylation is 1. The fourth-order valence-electron chi connectivity index (χ4n) is 5.98. The van der Waals surface area contributed by atoms with Gasteiger partial charge in [0.1, 0.15) is 23.3 Å². The zero-order chi connectivity index (χ0) is 34.2. The van der Waals surface area contributed by atoms with Crippen molar-refractivity contribution in [3.63, 3.8) is 0 Å². The summed E-state index contributed by atoms with van der Waals surface area (Å²) in [5.74, 6) is 1.49. The van der Waals surface area contributed by atoms with Gasteiger partial charge in [-0.25, -0.2) is 14.3 Å². The van der Waals surface area contributed by atoms with E-state index in [9.17, 15) is 14.7 Å². The van der Waals surface area contributed by atoms with Crippen LogP contribution in [0.3, 0.4) is 0 Å². The fourth-order valence-corrected chi connectivity index (χ4v) is 5.98. The summed E-state index contributed by atoms with van der Waals surface area (Å²) in [6, 6.07) is 11.1. The molecule has 6 heterocycles. The third-order valence-corrected chi connectivity index (χ3v) is 8.12. The molecule has 0 aliphatic carbocycles. The molecule has 0 saturated carbocycles. The van der Waals surface area contributed by atoms with Crippen LogP contribution in [0.15, 0.2) is 55.0 Å². The smallest absolute Gasteiger partial charge is 0.410 e. The lowest BCUT2D eigenvalue weighted by atomic mass is 9.92. The molecule has 3 N–H and O–H groups in total. The first-order chi connectivity index (χ1) is 22.7. The number of fused-ring (bicyclic) bond motifs is 3. The Kier molecular flexibility index (Phi) is 9.01. The standard InChI is InChI=1S/C35H43N7O6/c1-21-11-28(29(17-36-21)47-27-13-25-18-46-19-26(14-27)42(25)33(44)48-34(2,3)4)22-9-10-41-24(12-22)15-31(40-41)39-30-8-7-23(16-37-30)32(43)38-20-35(5,6)45/h7-12,15-17,25-27,45H,13-14,18-20H2,1-6H3,(H,38,43)(H,37,39,40)/t25-,26+,27?. The lowest BCUT2D eigenvalue weighted by molar-refractivity contribution is -0.0993. The van der Waals surface area contributed by atoms with Crippen LogP contribution >= 0.6 is 0 Å². The van der Waals surface area contributed by atoms with Crippen molar-refractivity contribution in [2.45, 2.75) is 83.8 Å². The Morgan fingerprint density at radius 1 is 1.00 bits per heavy atom. The number of hydrogen-bond acceptors (Lipinski definition) is 10. The number of aromatic nitrogens is 4. The number of anilines is 2. The SMILES string of the molecule is Cc1cc(-c2ccn3nc(Nc4ccc(C(=O)NCC(C)(C)O)cn4)cc3c2)c(OC2C[C@H]3COC[C@@H](C2)N3C(=O)OC(C)(C)C)cn1. The summed E-state index contributed by atoms with van der Waals surface area (Å²) in [7, 11) is 0. The van der Waals surface area contributed by atoms with E-state index in [1.54, 1.807) is 36.7 Å². The van der Waals surface area contributed by atoms with Gasteiger partial charge in [-0.15, -0.1) is 0 Å². The van der Waals surface area contributed by atoms with Crippen molar-refractivity contribution in [2.24, 2.45) is 0 Å². The summed E-state index contributed by atoms with van der Waals surface area (Å²) in [4.78, 5) is 36.1. The van der Waals surface area contributed by atoms with E-state index in [1.165, 1.54) is 6.20 Å². The number of carbonyl (C=O) groups is 2. The highest BCUT2D eigenvalue weighted by Gasteiger charge is 2.44. The van der Waals surface area contributed by atoms with Gasteiger partial charge >= 0.3 is 6.09 Å². The van der Waals surface area contributed by atoms with Crippen LogP contribution in [-0.2, 0) is 9.47 Å². The van der Waals surface area contributed by atoms with Gasteiger partial charge in [0.2, 0.25) is 0 Å². The summed E-state index contributed by atoms with van der Waals surface area (Å²) in [5.41, 5.74) is 2.39. The van der Waals surface area contributed by atoms with Crippen molar-refractivity contribution in [3.8, 4) is 16.9 Å². The normalized spacial score (nSPS) is 19.6. The summed E-state index contributed by atoms with van der Waals surface area (Å²) < 4.78 is 19.9. The number of aliphatic hydroxyl groups is 1. The van der Waals surface area contributed by atoms with Gasteiger partial charge in [0.05, 0.1) is 48.2 Å². The molecule has 13 nitrogen and oxygen atoms in total. The number of morpholine rings is 1. The zero-order valence-corrected chi connectivity index (χ0v) is 28.2. The Hall–Kier alpha value is -4.75. The van der Waals surface area contributed by atoms with Crippen LogP contribution in [0.5, 0.6) is 5.75 Å². The Bertz CT molecular complexity index is 1780. The van der Waals surface area contributed by atoms with E-state index in [4.69, 9.17) is 14.2 Å². The average molecular weight is 658 g/mol. The minimum absolute atomic E-state index is 0.119. The van der Waals surface area contributed by atoms with Crippen LogP contribution in [-0.4, -0.2) is 90.7 Å². The number of nitrogens with zero attached hydrogens (tertiary/aromatic N) is 5. The first-order valence-electron chi connectivity index (χ1n) is 16.2. The molecule has 4 aromatic heterocycles. The molecule has 2 fully saturated rings.